The zero-order valence-corrected chi connectivity index (χ0v) is 13.7. The number of phenolic OH excluding ortho intramolecular Hbond substituents is 1. The lowest BCUT2D eigenvalue weighted by Gasteiger charge is -2.08. The molecule has 0 heterocycles. The molecule has 0 unspecified atom stereocenters. The Morgan fingerprint density at radius 1 is 0.960 bits per heavy atom. The maximum Gasteiger partial charge on any atom is 0.261 e. The van der Waals surface area contributed by atoms with Crippen molar-refractivity contribution in [3.63, 3.8) is 0 Å². The van der Waals surface area contributed by atoms with E-state index >= 15 is 0 Å². The molecule has 0 aliphatic heterocycles. The first-order valence-corrected chi connectivity index (χ1v) is 7.89. The second-order valence-electron chi connectivity index (χ2n) is 5.46. The highest BCUT2D eigenvalue weighted by atomic mass is 16.5. The number of aromatic hydroxyl groups is 1. The number of hydrogen-bond donors (Lipinski definition) is 2. The highest BCUT2D eigenvalue weighted by molar-refractivity contribution is 6.12. The molecule has 0 fully saturated rings. The minimum Gasteiger partial charge on any atom is -0.507 e. The van der Waals surface area contributed by atoms with E-state index < -0.39 is 11.8 Å². The van der Waals surface area contributed by atoms with Crippen molar-refractivity contribution in [2.75, 3.05) is 6.61 Å². The molecule has 0 aromatic heterocycles. The van der Waals surface area contributed by atoms with Crippen LogP contribution in [0.1, 0.15) is 27.6 Å². The summed E-state index contributed by atoms with van der Waals surface area (Å²) in [7, 11) is 0. The maximum atomic E-state index is 12.3. The SMILES string of the molecule is CCOc1ccc2cc(C(=O)NC(=O)c3ccccc3O)ccc2c1. The van der Waals surface area contributed by atoms with Crippen molar-refractivity contribution in [2.45, 2.75) is 6.92 Å². The number of carbonyl (C=O) groups excluding carboxylic acids is 2. The van der Waals surface area contributed by atoms with Gasteiger partial charge in [-0.2, -0.15) is 0 Å². The molecule has 126 valence electrons. The average Bonchev–Trinajstić information content (AvgIpc) is 2.61. The molecule has 3 aromatic carbocycles. The Bertz CT molecular complexity index is 949. The van der Waals surface area contributed by atoms with Gasteiger partial charge in [-0.25, -0.2) is 0 Å². The Hall–Kier alpha value is -3.34. The molecule has 0 aliphatic rings. The van der Waals surface area contributed by atoms with E-state index in [0.717, 1.165) is 16.5 Å². The summed E-state index contributed by atoms with van der Waals surface area (Å²) in [5, 5.41) is 13.8. The monoisotopic (exact) mass is 335 g/mol. The summed E-state index contributed by atoms with van der Waals surface area (Å²) in [5.74, 6) is -0.573. The summed E-state index contributed by atoms with van der Waals surface area (Å²) < 4.78 is 5.46. The van der Waals surface area contributed by atoms with E-state index in [-0.39, 0.29) is 11.3 Å². The predicted molar refractivity (Wildman–Crippen MR) is 95.0 cm³/mol. The van der Waals surface area contributed by atoms with E-state index in [0.29, 0.717) is 12.2 Å². The molecule has 0 saturated heterocycles. The van der Waals surface area contributed by atoms with Gasteiger partial charge >= 0.3 is 0 Å². The van der Waals surface area contributed by atoms with E-state index in [2.05, 4.69) is 5.32 Å². The van der Waals surface area contributed by atoms with Crippen molar-refractivity contribution in [1.29, 1.82) is 0 Å². The maximum absolute atomic E-state index is 12.3. The Balaban J connectivity index is 1.81. The van der Waals surface area contributed by atoms with Gasteiger partial charge in [0, 0.05) is 5.56 Å². The van der Waals surface area contributed by atoms with E-state index in [1.165, 1.54) is 12.1 Å². The molecule has 25 heavy (non-hydrogen) atoms. The predicted octanol–water partition coefficient (Wildman–Crippen LogP) is 3.51. The van der Waals surface area contributed by atoms with Crippen molar-refractivity contribution in [3.05, 3.63) is 71.8 Å². The third kappa shape index (κ3) is 3.61. The minimum absolute atomic E-state index is 0.0537. The number of para-hydroxylation sites is 1. The van der Waals surface area contributed by atoms with Gasteiger partial charge in [0.05, 0.1) is 12.2 Å². The summed E-state index contributed by atoms with van der Waals surface area (Å²) in [6.07, 6.45) is 0. The van der Waals surface area contributed by atoms with Crippen LogP contribution in [-0.2, 0) is 0 Å². The van der Waals surface area contributed by atoms with E-state index in [1.807, 2.05) is 25.1 Å². The number of ether oxygens (including phenoxy) is 1. The second-order valence-corrected chi connectivity index (χ2v) is 5.46. The van der Waals surface area contributed by atoms with Crippen molar-refractivity contribution in [2.24, 2.45) is 0 Å². The molecule has 2 amide bonds. The summed E-state index contributed by atoms with van der Waals surface area (Å²) >= 11 is 0. The number of phenols is 1. The molecule has 3 rings (SSSR count). The van der Waals surface area contributed by atoms with Crippen LogP contribution in [0.25, 0.3) is 10.8 Å². The molecular weight excluding hydrogens is 318 g/mol. The largest absolute Gasteiger partial charge is 0.507 e. The van der Waals surface area contributed by atoms with Crippen molar-refractivity contribution < 1.29 is 19.4 Å². The molecule has 0 bridgehead atoms. The number of hydrogen-bond acceptors (Lipinski definition) is 4. The number of rotatable bonds is 4. The van der Waals surface area contributed by atoms with Crippen molar-refractivity contribution >= 4 is 22.6 Å². The van der Waals surface area contributed by atoms with Crippen molar-refractivity contribution in [3.8, 4) is 11.5 Å². The molecule has 5 nitrogen and oxygen atoms in total. The Morgan fingerprint density at radius 2 is 1.68 bits per heavy atom. The second kappa shape index (κ2) is 7.05. The molecule has 0 spiro atoms. The minimum atomic E-state index is -0.644. The van der Waals surface area contributed by atoms with Crippen LogP contribution in [-0.4, -0.2) is 23.5 Å². The number of imide groups is 1. The Labute approximate surface area is 144 Å². The first-order chi connectivity index (χ1) is 12.1. The van der Waals surface area contributed by atoms with Crippen LogP contribution in [0.4, 0.5) is 0 Å². The van der Waals surface area contributed by atoms with Crippen LogP contribution >= 0.6 is 0 Å². The van der Waals surface area contributed by atoms with E-state index in [9.17, 15) is 14.7 Å². The fourth-order valence-electron chi connectivity index (χ4n) is 2.53. The number of carbonyl (C=O) groups is 2. The summed E-state index contributed by atoms with van der Waals surface area (Å²) in [6.45, 7) is 2.50. The number of fused-ring (bicyclic) bond motifs is 1. The van der Waals surface area contributed by atoms with E-state index in [4.69, 9.17) is 4.74 Å². The number of benzene rings is 3. The van der Waals surface area contributed by atoms with Crippen molar-refractivity contribution in [1.82, 2.24) is 5.32 Å². The highest BCUT2D eigenvalue weighted by Gasteiger charge is 2.15. The molecule has 0 aliphatic carbocycles. The smallest absolute Gasteiger partial charge is 0.261 e. The Kier molecular flexibility index (Phi) is 4.66. The standard InChI is InChI=1S/C20H17NO4/c1-2-25-16-10-9-13-11-15(8-7-14(13)12-16)19(23)21-20(24)17-5-3-4-6-18(17)22/h3-12,22H,2H2,1H3,(H,21,23,24). The lowest BCUT2D eigenvalue weighted by Crippen LogP contribution is -2.30. The average molecular weight is 335 g/mol. The van der Waals surface area contributed by atoms with Crippen LogP contribution in [0.15, 0.2) is 60.7 Å². The van der Waals surface area contributed by atoms with Gasteiger partial charge in [0.2, 0.25) is 0 Å². The van der Waals surface area contributed by atoms with Crippen LogP contribution in [0.5, 0.6) is 11.5 Å². The van der Waals surface area contributed by atoms with Gasteiger partial charge in [-0.1, -0.05) is 24.3 Å². The fraction of sp³-hybridized carbons (Fsp3) is 0.100. The van der Waals surface area contributed by atoms with Crippen LogP contribution in [0.2, 0.25) is 0 Å². The van der Waals surface area contributed by atoms with Gasteiger partial charge in [0.25, 0.3) is 11.8 Å². The molecule has 0 atom stereocenters. The molecule has 0 radical (unpaired) electrons. The molecule has 5 heteroatoms. The van der Waals surface area contributed by atoms with Gasteiger partial charge < -0.3 is 9.84 Å². The van der Waals surface area contributed by atoms with Crippen LogP contribution < -0.4 is 10.1 Å². The lowest BCUT2D eigenvalue weighted by atomic mass is 10.1. The zero-order chi connectivity index (χ0) is 17.8. The molecule has 2 N–H and O–H groups in total. The highest BCUT2D eigenvalue weighted by Crippen LogP contribution is 2.22. The first kappa shape index (κ1) is 16.5. The van der Waals surface area contributed by atoms with Gasteiger partial charge in [-0.15, -0.1) is 0 Å². The van der Waals surface area contributed by atoms with Crippen LogP contribution in [0.3, 0.4) is 0 Å². The lowest BCUT2D eigenvalue weighted by molar-refractivity contribution is 0.0848. The molecule has 0 saturated carbocycles. The van der Waals surface area contributed by atoms with Gasteiger partial charge in [-0.05, 0) is 54.1 Å². The topological polar surface area (TPSA) is 75.6 Å². The number of nitrogens with one attached hydrogen (secondary N) is 1. The third-order valence-corrected chi connectivity index (χ3v) is 3.76. The van der Waals surface area contributed by atoms with Gasteiger partial charge in [0.1, 0.15) is 11.5 Å². The van der Waals surface area contributed by atoms with Crippen LogP contribution in [0, 0.1) is 0 Å². The number of amides is 2. The summed E-state index contributed by atoms with van der Waals surface area (Å²) in [4.78, 5) is 24.4. The quantitative estimate of drug-likeness (QED) is 0.715. The van der Waals surface area contributed by atoms with Gasteiger partial charge in [-0.3, -0.25) is 14.9 Å². The first-order valence-electron chi connectivity index (χ1n) is 7.89. The molecular formula is C20H17NO4. The fourth-order valence-corrected chi connectivity index (χ4v) is 2.53. The Morgan fingerprint density at radius 3 is 2.44 bits per heavy atom. The third-order valence-electron chi connectivity index (χ3n) is 3.76. The van der Waals surface area contributed by atoms with Gasteiger partial charge in [0.15, 0.2) is 0 Å². The normalized spacial score (nSPS) is 10.4. The summed E-state index contributed by atoms with van der Waals surface area (Å²) in [5.41, 5.74) is 0.415. The zero-order valence-electron chi connectivity index (χ0n) is 13.7. The van der Waals surface area contributed by atoms with E-state index in [1.54, 1.807) is 30.3 Å². The summed E-state index contributed by atoms with van der Waals surface area (Å²) in [6, 6.07) is 16.8. The molecule has 3 aromatic rings.